The molecule has 372 valence electrons. The summed E-state index contributed by atoms with van der Waals surface area (Å²) in [6, 6.07) is 16.9. The molecular weight excluding hydrogens is 863 g/mol. The fourth-order valence-electron chi connectivity index (χ4n) is 5.20. The van der Waals surface area contributed by atoms with Gasteiger partial charge in [0.25, 0.3) is 0 Å². The second kappa shape index (κ2) is 38.1. The largest absolute Gasteiger partial charge is 0.450 e. The highest BCUT2D eigenvalue weighted by atomic mass is 16.6. The SMILES string of the molecule is CCCCOC(=O)NC(O)CC(C(N)=O)c1ccc(CCCCNC(=O)OCc2ccccc2)cc1.CCCCOC(=O)NC(O)CCC(N)=O.CCCCOC(=O)NC(O)CCC(N)=O. The maximum Gasteiger partial charge on any atom is 0.409 e. The average Bonchev–Trinajstić information content (AvgIpc) is 3.27. The molecule has 0 saturated heterocycles. The molecule has 0 bridgehead atoms. The molecule has 0 fully saturated rings. The average molecular weight is 936 g/mol. The van der Waals surface area contributed by atoms with Crippen molar-refractivity contribution in [3.63, 3.8) is 0 Å². The number of unbranched alkanes of at least 4 members (excludes halogenated alkanes) is 4. The van der Waals surface area contributed by atoms with Crippen LogP contribution in [0.2, 0.25) is 0 Å². The number of carbonyl (C=O) groups is 7. The summed E-state index contributed by atoms with van der Waals surface area (Å²) in [4.78, 5) is 78.1. The third-order valence-electron chi connectivity index (χ3n) is 8.93. The number of nitrogens with one attached hydrogen (secondary N) is 4. The van der Waals surface area contributed by atoms with Gasteiger partial charge in [-0.25, -0.2) is 19.2 Å². The zero-order valence-corrected chi connectivity index (χ0v) is 38.5. The van der Waals surface area contributed by atoms with E-state index in [1.54, 1.807) is 12.1 Å². The van der Waals surface area contributed by atoms with Gasteiger partial charge in [-0.1, -0.05) is 94.6 Å². The van der Waals surface area contributed by atoms with Crippen LogP contribution in [0.5, 0.6) is 0 Å². The van der Waals surface area contributed by atoms with Crippen molar-refractivity contribution >= 4 is 42.1 Å². The first kappa shape index (κ1) is 59.8. The van der Waals surface area contributed by atoms with E-state index in [-0.39, 0.29) is 45.3 Å². The van der Waals surface area contributed by atoms with Crippen LogP contribution in [-0.2, 0) is 46.4 Å². The number of nitrogens with two attached hydrogens (primary N) is 3. The third-order valence-corrected chi connectivity index (χ3v) is 8.93. The summed E-state index contributed by atoms with van der Waals surface area (Å²) < 4.78 is 19.6. The molecule has 4 atom stereocenters. The number of aryl methyl sites for hydroxylation is 1. The van der Waals surface area contributed by atoms with E-state index in [1.165, 1.54) is 0 Å². The Morgan fingerprint density at radius 2 is 1.00 bits per heavy atom. The standard InChI is InChI=1S/C27H37N3O6.2C9H18N2O4/c1-2-3-17-35-27(34)30-24(31)18-23(25(28)32)22-14-12-20(13-15-22)9-7-8-16-29-26(33)36-19-21-10-5-4-6-11-21;2*1-2-3-6-15-9(14)11-8(13)5-4-7(10)12/h4-6,10-15,23-24,31H,2-3,7-9,16-19H2,1H3,(H2,28,32)(H,29,33)(H,30,34);2*8,13H,2-6H2,1H3,(H2,10,12)(H,11,14). The lowest BCUT2D eigenvalue weighted by molar-refractivity contribution is -0.120. The number of amides is 7. The number of carbonyl (C=O) groups excluding carboxylic acids is 7. The van der Waals surface area contributed by atoms with Crippen LogP contribution >= 0.6 is 0 Å². The second-order valence-electron chi connectivity index (χ2n) is 14.8. The Hall–Kier alpha value is -6.19. The molecule has 66 heavy (non-hydrogen) atoms. The van der Waals surface area contributed by atoms with E-state index in [1.807, 2.05) is 63.2 Å². The number of primary amides is 3. The fraction of sp³-hybridized carbons (Fsp3) is 0.578. The van der Waals surface area contributed by atoms with Gasteiger partial charge >= 0.3 is 24.4 Å². The third kappa shape index (κ3) is 34.2. The normalized spacial score (nSPS) is 12.1. The van der Waals surface area contributed by atoms with E-state index in [0.29, 0.717) is 25.3 Å². The molecule has 0 heterocycles. The zero-order chi connectivity index (χ0) is 49.5. The van der Waals surface area contributed by atoms with Gasteiger partial charge in [0.2, 0.25) is 17.7 Å². The molecule has 13 N–H and O–H groups in total. The van der Waals surface area contributed by atoms with Crippen molar-refractivity contribution in [2.24, 2.45) is 17.2 Å². The molecule has 0 saturated carbocycles. The predicted molar refractivity (Wildman–Crippen MR) is 244 cm³/mol. The van der Waals surface area contributed by atoms with Crippen LogP contribution in [0.25, 0.3) is 0 Å². The lowest BCUT2D eigenvalue weighted by atomic mass is 9.93. The summed E-state index contributed by atoms with van der Waals surface area (Å²) in [5.74, 6) is -2.38. The van der Waals surface area contributed by atoms with Crippen molar-refractivity contribution in [2.75, 3.05) is 26.4 Å². The Bertz CT molecular complexity index is 1630. The van der Waals surface area contributed by atoms with Gasteiger partial charge in [0.15, 0.2) is 0 Å². The molecule has 0 spiro atoms. The van der Waals surface area contributed by atoms with Crippen LogP contribution in [-0.4, -0.2) is 102 Å². The van der Waals surface area contributed by atoms with E-state index in [0.717, 1.165) is 68.9 Å². The summed E-state index contributed by atoms with van der Waals surface area (Å²) >= 11 is 0. The van der Waals surface area contributed by atoms with Crippen molar-refractivity contribution in [3.05, 3.63) is 71.3 Å². The highest BCUT2D eigenvalue weighted by Gasteiger charge is 2.23. The maximum atomic E-state index is 12.0. The van der Waals surface area contributed by atoms with E-state index >= 15 is 0 Å². The highest BCUT2D eigenvalue weighted by Crippen LogP contribution is 2.22. The molecule has 21 nitrogen and oxygen atoms in total. The number of hydrogen-bond donors (Lipinski definition) is 10. The maximum absolute atomic E-state index is 12.0. The Balaban J connectivity index is 0.00000116. The minimum atomic E-state index is -1.26. The zero-order valence-electron chi connectivity index (χ0n) is 38.5. The number of ether oxygens (including phenoxy) is 4. The summed E-state index contributed by atoms with van der Waals surface area (Å²) in [6.45, 7) is 7.59. The Morgan fingerprint density at radius 3 is 1.42 bits per heavy atom. The first-order chi connectivity index (χ1) is 31.5. The molecule has 0 radical (unpaired) electrons. The van der Waals surface area contributed by atoms with Gasteiger partial charge in [-0.15, -0.1) is 0 Å². The van der Waals surface area contributed by atoms with Crippen LogP contribution in [0.4, 0.5) is 19.2 Å². The van der Waals surface area contributed by atoms with Crippen molar-refractivity contribution in [1.82, 2.24) is 21.3 Å². The van der Waals surface area contributed by atoms with Gasteiger partial charge in [-0.2, -0.15) is 0 Å². The molecule has 7 amide bonds. The quantitative estimate of drug-likeness (QED) is 0.0314. The first-order valence-corrected chi connectivity index (χ1v) is 22.2. The minimum Gasteiger partial charge on any atom is -0.450 e. The molecular formula is C45H73N7O14. The Morgan fingerprint density at radius 1 is 0.545 bits per heavy atom. The Labute approximate surface area is 387 Å². The minimum absolute atomic E-state index is 0.0242. The van der Waals surface area contributed by atoms with Crippen molar-refractivity contribution < 1.29 is 67.8 Å². The summed E-state index contributed by atoms with van der Waals surface area (Å²) in [5.41, 5.74) is 18.0. The van der Waals surface area contributed by atoms with Crippen molar-refractivity contribution in [3.8, 4) is 0 Å². The van der Waals surface area contributed by atoms with Gasteiger partial charge < -0.3 is 56.8 Å². The smallest absolute Gasteiger partial charge is 0.409 e. The second-order valence-corrected chi connectivity index (χ2v) is 14.8. The number of hydrogen-bond acceptors (Lipinski definition) is 14. The molecule has 0 aromatic heterocycles. The number of benzene rings is 2. The monoisotopic (exact) mass is 936 g/mol. The van der Waals surface area contributed by atoms with E-state index in [4.69, 9.17) is 36.1 Å². The summed E-state index contributed by atoms with van der Waals surface area (Å²) in [7, 11) is 0. The number of rotatable bonds is 29. The Kier molecular flexibility index (Phi) is 34.5. The molecule has 21 heteroatoms. The predicted octanol–water partition coefficient (Wildman–Crippen LogP) is 3.93. The lowest BCUT2D eigenvalue weighted by Gasteiger charge is -2.19. The molecule has 0 aliphatic carbocycles. The summed E-state index contributed by atoms with van der Waals surface area (Å²) in [5, 5.41) is 38.0. The van der Waals surface area contributed by atoms with E-state index in [9.17, 15) is 48.9 Å². The lowest BCUT2D eigenvalue weighted by Crippen LogP contribution is -2.38. The summed E-state index contributed by atoms with van der Waals surface area (Å²) in [6.07, 6.45) is 1.71. The number of aliphatic hydroxyl groups excluding tert-OH is 3. The van der Waals surface area contributed by atoms with Gasteiger partial charge in [-0.3, -0.25) is 30.3 Å². The van der Waals surface area contributed by atoms with Gasteiger partial charge in [0.1, 0.15) is 25.3 Å². The molecule has 2 aromatic rings. The molecule has 2 aromatic carbocycles. The molecule has 0 aliphatic heterocycles. The van der Waals surface area contributed by atoms with E-state index < -0.39 is 66.7 Å². The first-order valence-electron chi connectivity index (χ1n) is 22.2. The van der Waals surface area contributed by atoms with Crippen LogP contribution in [0.15, 0.2) is 54.6 Å². The number of aliphatic hydroxyl groups is 3. The van der Waals surface area contributed by atoms with E-state index in [2.05, 4.69) is 21.3 Å². The highest BCUT2D eigenvalue weighted by molar-refractivity contribution is 5.82. The topological polar surface area (TPSA) is 343 Å². The number of alkyl carbamates (subject to hydrolysis) is 4. The fourth-order valence-corrected chi connectivity index (χ4v) is 5.20. The molecule has 0 aliphatic rings. The van der Waals surface area contributed by atoms with Crippen molar-refractivity contribution in [2.45, 2.75) is 142 Å². The molecule has 2 rings (SSSR count). The van der Waals surface area contributed by atoms with Crippen LogP contribution < -0.4 is 38.5 Å². The molecule has 4 unspecified atom stereocenters. The van der Waals surface area contributed by atoms with Crippen molar-refractivity contribution in [1.29, 1.82) is 0 Å². The van der Waals surface area contributed by atoms with Crippen LogP contribution in [0.1, 0.15) is 127 Å². The van der Waals surface area contributed by atoms with Crippen LogP contribution in [0, 0.1) is 0 Å². The van der Waals surface area contributed by atoms with Crippen LogP contribution in [0.3, 0.4) is 0 Å². The van der Waals surface area contributed by atoms with Gasteiger partial charge in [-0.05, 0) is 55.2 Å². The van der Waals surface area contributed by atoms with Gasteiger partial charge in [0, 0.05) is 38.6 Å². The van der Waals surface area contributed by atoms with Gasteiger partial charge in [0.05, 0.1) is 25.7 Å².